The van der Waals surface area contributed by atoms with Crippen LogP contribution >= 0.6 is 0 Å². The number of hydrogen-bond acceptors (Lipinski definition) is 3. The second-order valence-electron chi connectivity index (χ2n) is 4.04. The van der Waals surface area contributed by atoms with Crippen LogP contribution in [0.4, 0.5) is 0 Å². The maximum absolute atomic E-state index is 5.93. The molecule has 0 spiro atoms. The van der Waals surface area contributed by atoms with Crippen LogP contribution in [-0.4, -0.2) is 16.7 Å². The van der Waals surface area contributed by atoms with Crippen molar-refractivity contribution in [2.24, 2.45) is 5.73 Å². The number of nitrogens with zero attached hydrogens (tertiary/aromatic N) is 2. The molecule has 1 aromatic carbocycles. The van der Waals surface area contributed by atoms with E-state index in [1.165, 1.54) is 0 Å². The number of benzene rings is 1. The molecule has 1 aromatic heterocycles. The van der Waals surface area contributed by atoms with Crippen LogP contribution in [0, 0.1) is 0 Å². The number of ether oxygens (including phenoxy) is 1. The normalized spacial score (nSPS) is 12.6. The molecular weight excluding hydrogens is 214 g/mol. The summed E-state index contributed by atoms with van der Waals surface area (Å²) in [7, 11) is 1.69. The van der Waals surface area contributed by atoms with Crippen LogP contribution in [0.5, 0.6) is 0 Å². The number of nitrogens with two attached hydrogens (primary N) is 1. The van der Waals surface area contributed by atoms with Crippen molar-refractivity contribution in [2.45, 2.75) is 19.6 Å². The SMILES string of the molecule is COCc1ccccc1-n1cncc1[C@@H](C)N. The number of aromatic nitrogens is 2. The molecule has 4 nitrogen and oxygen atoms in total. The van der Waals surface area contributed by atoms with Gasteiger partial charge in [-0.1, -0.05) is 18.2 Å². The first-order valence-corrected chi connectivity index (χ1v) is 5.59. The van der Waals surface area contributed by atoms with Crippen LogP contribution in [0.25, 0.3) is 5.69 Å². The molecule has 17 heavy (non-hydrogen) atoms. The molecule has 0 aliphatic carbocycles. The van der Waals surface area contributed by atoms with Crippen molar-refractivity contribution in [1.29, 1.82) is 0 Å². The standard InChI is InChI=1S/C13H17N3O/c1-10(14)13-7-15-9-16(13)12-6-4-3-5-11(12)8-17-2/h3-7,9-10H,8,14H2,1-2H3/t10-/m1/s1. The first kappa shape index (κ1) is 11.8. The van der Waals surface area contributed by atoms with Crippen molar-refractivity contribution in [1.82, 2.24) is 9.55 Å². The van der Waals surface area contributed by atoms with E-state index >= 15 is 0 Å². The van der Waals surface area contributed by atoms with Gasteiger partial charge in [0, 0.05) is 18.7 Å². The van der Waals surface area contributed by atoms with E-state index in [1.807, 2.05) is 35.8 Å². The van der Waals surface area contributed by atoms with Gasteiger partial charge >= 0.3 is 0 Å². The van der Waals surface area contributed by atoms with E-state index in [0.717, 1.165) is 16.9 Å². The summed E-state index contributed by atoms with van der Waals surface area (Å²) >= 11 is 0. The third-order valence-corrected chi connectivity index (χ3v) is 2.68. The van der Waals surface area contributed by atoms with E-state index in [2.05, 4.69) is 4.98 Å². The highest BCUT2D eigenvalue weighted by Gasteiger charge is 2.10. The topological polar surface area (TPSA) is 53.1 Å². The lowest BCUT2D eigenvalue weighted by atomic mass is 10.1. The minimum absolute atomic E-state index is 0.0481. The van der Waals surface area contributed by atoms with Gasteiger partial charge in [-0.3, -0.25) is 0 Å². The Balaban J connectivity index is 2.48. The molecule has 4 heteroatoms. The predicted molar refractivity (Wildman–Crippen MR) is 66.9 cm³/mol. The molecule has 0 bridgehead atoms. The van der Waals surface area contributed by atoms with Crippen molar-refractivity contribution in [2.75, 3.05) is 7.11 Å². The van der Waals surface area contributed by atoms with Crippen LogP contribution in [-0.2, 0) is 11.3 Å². The van der Waals surface area contributed by atoms with Gasteiger partial charge in [0.05, 0.1) is 30.5 Å². The van der Waals surface area contributed by atoms with E-state index in [4.69, 9.17) is 10.5 Å². The zero-order chi connectivity index (χ0) is 12.3. The van der Waals surface area contributed by atoms with Crippen LogP contribution < -0.4 is 5.73 Å². The molecule has 90 valence electrons. The molecule has 0 unspecified atom stereocenters. The maximum atomic E-state index is 5.93. The van der Waals surface area contributed by atoms with Crippen molar-refractivity contribution in [3.05, 3.63) is 48.0 Å². The van der Waals surface area contributed by atoms with Crippen molar-refractivity contribution >= 4 is 0 Å². The fraction of sp³-hybridized carbons (Fsp3) is 0.308. The molecule has 2 N–H and O–H groups in total. The summed E-state index contributed by atoms with van der Waals surface area (Å²) in [4.78, 5) is 4.16. The van der Waals surface area contributed by atoms with Crippen molar-refractivity contribution in [3.8, 4) is 5.69 Å². The van der Waals surface area contributed by atoms with Gasteiger partial charge in [-0.2, -0.15) is 0 Å². The van der Waals surface area contributed by atoms with Crippen molar-refractivity contribution < 1.29 is 4.74 Å². The van der Waals surface area contributed by atoms with E-state index in [9.17, 15) is 0 Å². The molecule has 1 heterocycles. The molecule has 0 aliphatic heterocycles. The maximum Gasteiger partial charge on any atom is 0.0994 e. The monoisotopic (exact) mass is 231 g/mol. The van der Waals surface area contributed by atoms with Gasteiger partial charge in [0.25, 0.3) is 0 Å². The van der Waals surface area contributed by atoms with Gasteiger partial charge < -0.3 is 15.0 Å². The highest BCUT2D eigenvalue weighted by molar-refractivity contribution is 5.42. The van der Waals surface area contributed by atoms with Crippen LogP contribution in [0.1, 0.15) is 24.2 Å². The minimum Gasteiger partial charge on any atom is -0.380 e. The van der Waals surface area contributed by atoms with Crippen LogP contribution in [0.2, 0.25) is 0 Å². The zero-order valence-corrected chi connectivity index (χ0v) is 10.1. The van der Waals surface area contributed by atoms with Crippen LogP contribution in [0.3, 0.4) is 0 Å². The van der Waals surface area contributed by atoms with E-state index in [0.29, 0.717) is 6.61 Å². The van der Waals surface area contributed by atoms with Crippen molar-refractivity contribution in [3.63, 3.8) is 0 Å². The molecule has 0 saturated heterocycles. The average molecular weight is 231 g/mol. The average Bonchev–Trinajstić information content (AvgIpc) is 2.79. The summed E-state index contributed by atoms with van der Waals surface area (Å²) in [6.07, 6.45) is 3.58. The number of methoxy groups -OCH3 is 1. The summed E-state index contributed by atoms with van der Waals surface area (Å²) < 4.78 is 7.21. The molecule has 0 radical (unpaired) electrons. The van der Waals surface area contributed by atoms with E-state index in [-0.39, 0.29) is 6.04 Å². The van der Waals surface area contributed by atoms with Gasteiger partial charge in [-0.15, -0.1) is 0 Å². The Morgan fingerprint density at radius 3 is 2.88 bits per heavy atom. The summed E-state index contributed by atoms with van der Waals surface area (Å²) in [5, 5.41) is 0. The Labute approximate surface area is 101 Å². The second kappa shape index (κ2) is 5.12. The first-order chi connectivity index (χ1) is 8.24. The number of para-hydroxylation sites is 1. The summed E-state index contributed by atoms with van der Waals surface area (Å²) in [6, 6.07) is 8.04. The predicted octanol–water partition coefficient (Wildman–Crippen LogP) is 2.04. The Morgan fingerprint density at radius 2 is 2.18 bits per heavy atom. The number of hydrogen-bond donors (Lipinski definition) is 1. The summed E-state index contributed by atoms with van der Waals surface area (Å²) in [5.41, 5.74) is 9.11. The van der Waals surface area contributed by atoms with E-state index in [1.54, 1.807) is 19.6 Å². The number of imidazole rings is 1. The molecule has 2 aromatic rings. The lowest BCUT2D eigenvalue weighted by Crippen LogP contribution is -2.11. The van der Waals surface area contributed by atoms with Crippen LogP contribution in [0.15, 0.2) is 36.8 Å². The van der Waals surface area contributed by atoms with Gasteiger partial charge in [0.1, 0.15) is 0 Å². The van der Waals surface area contributed by atoms with Gasteiger partial charge in [0.15, 0.2) is 0 Å². The van der Waals surface area contributed by atoms with Gasteiger partial charge in [-0.25, -0.2) is 4.98 Å². The Kier molecular flexibility index (Phi) is 3.56. The Bertz CT molecular complexity index is 491. The first-order valence-electron chi connectivity index (χ1n) is 5.59. The third kappa shape index (κ3) is 2.38. The van der Waals surface area contributed by atoms with E-state index < -0.39 is 0 Å². The fourth-order valence-corrected chi connectivity index (χ4v) is 1.87. The van der Waals surface area contributed by atoms with Gasteiger partial charge in [0.2, 0.25) is 0 Å². The molecular formula is C13H17N3O. The fourth-order valence-electron chi connectivity index (χ4n) is 1.87. The van der Waals surface area contributed by atoms with Gasteiger partial charge in [-0.05, 0) is 13.0 Å². The quantitative estimate of drug-likeness (QED) is 0.876. The smallest absolute Gasteiger partial charge is 0.0994 e. The molecule has 1 atom stereocenters. The molecule has 0 fully saturated rings. The third-order valence-electron chi connectivity index (χ3n) is 2.68. The number of rotatable bonds is 4. The lowest BCUT2D eigenvalue weighted by Gasteiger charge is -2.14. The molecule has 0 saturated carbocycles. The summed E-state index contributed by atoms with van der Waals surface area (Å²) in [5.74, 6) is 0. The molecule has 2 rings (SSSR count). The lowest BCUT2D eigenvalue weighted by molar-refractivity contribution is 0.184. The second-order valence-corrected chi connectivity index (χ2v) is 4.04. The minimum atomic E-state index is -0.0481. The Hall–Kier alpha value is -1.65. The Morgan fingerprint density at radius 1 is 1.41 bits per heavy atom. The molecule has 0 amide bonds. The summed E-state index contributed by atoms with van der Waals surface area (Å²) in [6.45, 7) is 2.53. The largest absolute Gasteiger partial charge is 0.380 e. The molecule has 0 aliphatic rings. The highest BCUT2D eigenvalue weighted by Crippen LogP contribution is 2.20. The zero-order valence-electron chi connectivity index (χ0n) is 10.1. The highest BCUT2D eigenvalue weighted by atomic mass is 16.5.